The predicted octanol–water partition coefficient (Wildman–Crippen LogP) is 5.35. The van der Waals surface area contributed by atoms with Crippen LogP contribution in [0.25, 0.3) is 11.3 Å². The van der Waals surface area contributed by atoms with E-state index in [9.17, 15) is 4.39 Å². The number of nitrogens with zero attached hydrogens (tertiary/aromatic N) is 2. The highest BCUT2D eigenvalue weighted by molar-refractivity contribution is 6.33. The van der Waals surface area contributed by atoms with Gasteiger partial charge in [0.05, 0.1) is 10.7 Å². The minimum atomic E-state index is -0.246. The van der Waals surface area contributed by atoms with Gasteiger partial charge in [0, 0.05) is 24.8 Å². The molecule has 5 nitrogen and oxygen atoms in total. The predicted molar refractivity (Wildman–Crippen MR) is 125 cm³/mol. The number of hydrogen-bond donors (Lipinski definition) is 3. The highest BCUT2D eigenvalue weighted by Gasteiger charge is 2.13. The van der Waals surface area contributed by atoms with Gasteiger partial charge in [0.25, 0.3) is 0 Å². The zero-order valence-electron chi connectivity index (χ0n) is 17.4. The Morgan fingerprint density at radius 2 is 2.00 bits per heavy atom. The second-order valence-corrected chi connectivity index (χ2v) is 8.28. The van der Waals surface area contributed by atoms with E-state index in [0.717, 1.165) is 54.6 Å². The average Bonchev–Trinajstić information content (AvgIpc) is 2.80. The van der Waals surface area contributed by atoms with Gasteiger partial charge >= 0.3 is 0 Å². The Morgan fingerprint density at radius 3 is 2.84 bits per heavy atom. The quantitative estimate of drug-likeness (QED) is 0.441. The zero-order valence-corrected chi connectivity index (χ0v) is 18.1. The first kappa shape index (κ1) is 21.5. The lowest BCUT2D eigenvalue weighted by Crippen LogP contribution is -2.30. The Morgan fingerprint density at radius 1 is 1.10 bits per heavy atom. The van der Waals surface area contributed by atoms with Crippen molar-refractivity contribution in [2.45, 2.75) is 25.8 Å². The van der Waals surface area contributed by atoms with E-state index >= 15 is 0 Å². The Hall–Kier alpha value is -2.70. The van der Waals surface area contributed by atoms with Gasteiger partial charge in [-0.15, -0.1) is 0 Å². The molecule has 3 aromatic rings. The molecule has 7 heteroatoms. The molecule has 0 bridgehead atoms. The smallest absolute Gasteiger partial charge is 0.126 e. The molecule has 31 heavy (non-hydrogen) atoms. The van der Waals surface area contributed by atoms with Crippen LogP contribution in [0.15, 0.2) is 54.7 Å². The van der Waals surface area contributed by atoms with Crippen molar-refractivity contribution in [2.24, 2.45) is 5.92 Å². The van der Waals surface area contributed by atoms with Gasteiger partial charge in [0.15, 0.2) is 0 Å². The van der Waals surface area contributed by atoms with Gasteiger partial charge in [0.1, 0.15) is 17.5 Å². The van der Waals surface area contributed by atoms with Crippen LogP contribution >= 0.6 is 11.6 Å². The fraction of sp³-hybridized carbons (Fsp3) is 0.333. The lowest BCUT2D eigenvalue weighted by Gasteiger charge is -2.22. The van der Waals surface area contributed by atoms with Crippen LogP contribution in [-0.4, -0.2) is 29.6 Å². The summed E-state index contributed by atoms with van der Waals surface area (Å²) in [7, 11) is 0. The number of hydrogen-bond acceptors (Lipinski definition) is 5. The Labute approximate surface area is 187 Å². The van der Waals surface area contributed by atoms with Crippen LogP contribution in [0.2, 0.25) is 5.02 Å². The van der Waals surface area contributed by atoms with Gasteiger partial charge in [-0.25, -0.2) is 14.4 Å². The molecule has 1 aliphatic heterocycles. The monoisotopic (exact) mass is 439 g/mol. The maximum absolute atomic E-state index is 13.4. The van der Waals surface area contributed by atoms with Crippen molar-refractivity contribution < 1.29 is 4.39 Å². The van der Waals surface area contributed by atoms with Crippen molar-refractivity contribution in [2.75, 3.05) is 30.3 Å². The summed E-state index contributed by atoms with van der Waals surface area (Å²) >= 11 is 6.43. The summed E-state index contributed by atoms with van der Waals surface area (Å²) < 4.78 is 13.4. The molecule has 1 saturated heterocycles. The van der Waals surface area contributed by atoms with Crippen LogP contribution in [0, 0.1) is 11.7 Å². The standard InChI is InChI=1S/C24H27ClFN5/c25-21-16-30-24(28-11-9-17-5-3-10-27-14-17)13-20(21)22-7-2-8-23(31-22)29-15-18-4-1-6-19(26)12-18/h1-2,4,6-8,12-13,16-17,27H,3,5,9-11,14-15H2,(H,28,30)(H,29,31)/t17-/m0/s1. The Bertz CT molecular complexity index is 1010. The number of pyridine rings is 2. The third-order valence-electron chi connectivity index (χ3n) is 5.50. The highest BCUT2D eigenvalue weighted by atomic mass is 35.5. The molecular weight excluding hydrogens is 413 g/mol. The van der Waals surface area contributed by atoms with Crippen LogP contribution in [0.4, 0.5) is 16.0 Å². The van der Waals surface area contributed by atoms with Gasteiger partial charge in [-0.2, -0.15) is 0 Å². The summed E-state index contributed by atoms with van der Waals surface area (Å²) in [5, 5.41) is 10.7. The fourth-order valence-electron chi connectivity index (χ4n) is 3.83. The lowest BCUT2D eigenvalue weighted by atomic mass is 9.96. The van der Waals surface area contributed by atoms with E-state index in [1.165, 1.54) is 25.0 Å². The molecule has 0 aliphatic carbocycles. The summed E-state index contributed by atoms with van der Waals surface area (Å²) in [5.74, 6) is 1.97. The van der Waals surface area contributed by atoms with Crippen LogP contribution in [0.3, 0.4) is 0 Å². The maximum atomic E-state index is 13.4. The number of benzene rings is 1. The van der Waals surface area contributed by atoms with Crippen molar-refractivity contribution in [3.8, 4) is 11.3 Å². The van der Waals surface area contributed by atoms with E-state index in [0.29, 0.717) is 17.4 Å². The SMILES string of the molecule is Fc1cccc(CNc2cccc(-c3cc(NCC[C@@H]4CCCNC4)ncc3Cl)n2)c1. The Balaban J connectivity index is 1.41. The van der Waals surface area contributed by atoms with Crippen molar-refractivity contribution in [3.05, 3.63) is 71.1 Å². The highest BCUT2D eigenvalue weighted by Crippen LogP contribution is 2.29. The molecular formula is C24H27ClFN5. The molecule has 0 spiro atoms. The van der Waals surface area contributed by atoms with Crippen LogP contribution in [-0.2, 0) is 6.54 Å². The normalized spacial score (nSPS) is 16.1. The van der Waals surface area contributed by atoms with Crippen molar-refractivity contribution in [3.63, 3.8) is 0 Å². The molecule has 0 amide bonds. The molecule has 4 rings (SSSR count). The third-order valence-corrected chi connectivity index (χ3v) is 5.80. The summed E-state index contributed by atoms with van der Waals surface area (Å²) in [6, 6.07) is 14.2. The molecule has 0 radical (unpaired) electrons. The number of anilines is 2. The number of piperidine rings is 1. The molecule has 0 saturated carbocycles. The van der Waals surface area contributed by atoms with Crippen molar-refractivity contribution in [1.29, 1.82) is 0 Å². The minimum Gasteiger partial charge on any atom is -0.370 e. The summed E-state index contributed by atoms with van der Waals surface area (Å²) in [6.45, 7) is 3.60. The molecule has 1 aromatic carbocycles. The third kappa shape index (κ3) is 6.15. The summed E-state index contributed by atoms with van der Waals surface area (Å²) in [4.78, 5) is 9.10. The van der Waals surface area contributed by atoms with Gasteiger partial charge in [-0.3, -0.25) is 0 Å². The molecule has 162 valence electrons. The fourth-order valence-corrected chi connectivity index (χ4v) is 4.03. The largest absolute Gasteiger partial charge is 0.370 e. The number of nitrogens with one attached hydrogen (secondary N) is 3. The van der Waals surface area contributed by atoms with E-state index in [-0.39, 0.29) is 5.82 Å². The van der Waals surface area contributed by atoms with Crippen molar-refractivity contribution in [1.82, 2.24) is 15.3 Å². The topological polar surface area (TPSA) is 61.9 Å². The van der Waals surface area contributed by atoms with E-state index in [1.807, 2.05) is 30.3 Å². The summed E-state index contributed by atoms with van der Waals surface area (Å²) in [6.07, 6.45) is 5.32. The molecule has 3 N–H and O–H groups in total. The van der Waals surface area contributed by atoms with E-state index < -0.39 is 0 Å². The zero-order chi connectivity index (χ0) is 21.5. The average molecular weight is 440 g/mol. The molecule has 2 aromatic heterocycles. The van der Waals surface area contributed by atoms with E-state index in [2.05, 4.69) is 25.9 Å². The lowest BCUT2D eigenvalue weighted by molar-refractivity contribution is 0.364. The summed E-state index contributed by atoms with van der Waals surface area (Å²) in [5.41, 5.74) is 2.44. The molecule has 1 fully saturated rings. The van der Waals surface area contributed by atoms with Crippen LogP contribution in [0.5, 0.6) is 0 Å². The van der Waals surface area contributed by atoms with Crippen LogP contribution < -0.4 is 16.0 Å². The second-order valence-electron chi connectivity index (χ2n) is 7.87. The van der Waals surface area contributed by atoms with E-state index in [1.54, 1.807) is 12.3 Å². The van der Waals surface area contributed by atoms with E-state index in [4.69, 9.17) is 11.6 Å². The molecule has 1 atom stereocenters. The number of halogens is 2. The van der Waals surface area contributed by atoms with Gasteiger partial charge < -0.3 is 16.0 Å². The molecule has 3 heterocycles. The van der Waals surface area contributed by atoms with Crippen molar-refractivity contribution >= 4 is 23.2 Å². The first-order chi connectivity index (χ1) is 15.2. The number of rotatable bonds is 8. The first-order valence-corrected chi connectivity index (χ1v) is 11.1. The van der Waals surface area contributed by atoms with Gasteiger partial charge in [-0.05, 0) is 74.2 Å². The number of aromatic nitrogens is 2. The molecule has 1 aliphatic rings. The maximum Gasteiger partial charge on any atom is 0.126 e. The Kier molecular flexibility index (Phi) is 7.33. The minimum absolute atomic E-state index is 0.246. The molecule has 0 unspecified atom stereocenters. The van der Waals surface area contributed by atoms with Crippen LogP contribution in [0.1, 0.15) is 24.8 Å². The first-order valence-electron chi connectivity index (χ1n) is 10.7. The van der Waals surface area contributed by atoms with Gasteiger partial charge in [0.2, 0.25) is 0 Å². The van der Waals surface area contributed by atoms with Gasteiger partial charge in [-0.1, -0.05) is 29.8 Å². The second kappa shape index (κ2) is 10.6.